The van der Waals surface area contributed by atoms with E-state index in [2.05, 4.69) is 5.32 Å². The fraction of sp³-hybridized carbons (Fsp3) is 0.375. The van der Waals surface area contributed by atoms with Gasteiger partial charge in [0.25, 0.3) is 10.0 Å². The zero-order chi connectivity index (χ0) is 32.3. The van der Waals surface area contributed by atoms with Gasteiger partial charge < -0.3 is 24.4 Å². The predicted octanol–water partition coefficient (Wildman–Crippen LogP) is 4.77. The number of ether oxygens (including phenoxy) is 3. The lowest BCUT2D eigenvalue weighted by molar-refractivity contribution is -0.140. The van der Waals surface area contributed by atoms with Crippen molar-refractivity contribution in [3.8, 4) is 17.2 Å². The molecular weight excluding hydrogens is 589 g/mol. The Morgan fingerprint density at radius 3 is 2.11 bits per heavy atom. The van der Waals surface area contributed by atoms with Crippen LogP contribution in [0.1, 0.15) is 38.7 Å². The standard InChI is InChI=1S/C32H40FN3O7S/c1-6-8-19-34-32(38)28(7-2)35(21-23-9-15-26(41-3)16-10-23)31(37)22-36(25-13-11-24(33)12-14-25)44(39,40)27-17-18-29(42-4)30(20-27)43-5/h9-18,20,28H,6-8,19,21-22H2,1-5H3,(H,34,38)/t28-/m0/s1. The van der Waals surface area contributed by atoms with E-state index in [0.717, 1.165) is 34.8 Å². The van der Waals surface area contributed by atoms with Crippen molar-refractivity contribution in [2.24, 2.45) is 0 Å². The number of hydrogen-bond donors (Lipinski definition) is 1. The second-order valence-corrected chi connectivity index (χ2v) is 11.8. The van der Waals surface area contributed by atoms with E-state index in [4.69, 9.17) is 14.2 Å². The number of anilines is 1. The van der Waals surface area contributed by atoms with Crippen molar-refractivity contribution in [1.82, 2.24) is 10.2 Å². The van der Waals surface area contributed by atoms with Crippen LogP contribution >= 0.6 is 0 Å². The lowest BCUT2D eigenvalue weighted by Gasteiger charge is -2.33. The zero-order valence-electron chi connectivity index (χ0n) is 25.7. The Labute approximate surface area is 258 Å². The molecule has 0 aromatic heterocycles. The van der Waals surface area contributed by atoms with Gasteiger partial charge in [-0.15, -0.1) is 0 Å². The van der Waals surface area contributed by atoms with Crippen molar-refractivity contribution in [3.05, 3.63) is 78.1 Å². The third-order valence-corrected chi connectivity index (χ3v) is 8.83. The third-order valence-electron chi connectivity index (χ3n) is 7.06. The van der Waals surface area contributed by atoms with Gasteiger partial charge in [-0.1, -0.05) is 32.4 Å². The molecule has 2 amide bonds. The Bertz CT molecular complexity index is 1500. The van der Waals surface area contributed by atoms with Crippen LogP contribution < -0.4 is 23.8 Å². The normalized spacial score (nSPS) is 11.8. The highest BCUT2D eigenvalue weighted by Crippen LogP contribution is 2.32. The van der Waals surface area contributed by atoms with Gasteiger partial charge in [0.1, 0.15) is 24.2 Å². The second kappa shape index (κ2) is 15.9. The van der Waals surface area contributed by atoms with Crippen LogP contribution in [0.5, 0.6) is 17.2 Å². The van der Waals surface area contributed by atoms with E-state index in [9.17, 15) is 22.4 Å². The largest absolute Gasteiger partial charge is 0.497 e. The molecule has 3 aromatic rings. The van der Waals surface area contributed by atoms with Crippen LogP contribution in [-0.4, -0.2) is 65.6 Å². The smallest absolute Gasteiger partial charge is 0.264 e. The molecule has 0 saturated heterocycles. The number of halogens is 1. The fourth-order valence-electron chi connectivity index (χ4n) is 4.59. The lowest BCUT2D eigenvalue weighted by atomic mass is 10.1. The molecule has 0 heterocycles. The minimum absolute atomic E-state index is 0.0379. The van der Waals surface area contributed by atoms with Gasteiger partial charge >= 0.3 is 0 Å². The maximum atomic E-state index is 14.2. The predicted molar refractivity (Wildman–Crippen MR) is 166 cm³/mol. The first-order valence-electron chi connectivity index (χ1n) is 14.3. The summed E-state index contributed by atoms with van der Waals surface area (Å²) in [7, 11) is -0.0473. The van der Waals surface area contributed by atoms with Crippen LogP contribution in [0.25, 0.3) is 0 Å². The summed E-state index contributed by atoms with van der Waals surface area (Å²) in [6.45, 7) is 3.63. The molecule has 44 heavy (non-hydrogen) atoms. The van der Waals surface area contributed by atoms with Crippen molar-refractivity contribution >= 4 is 27.5 Å². The summed E-state index contributed by atoms with van der Waals surface area (Å²) >= 11 is 0. The van der Waals surface area contributed by atoms with E-state index in [1.807, 2.05) is 6.92 Å². The minimum Gasteiger partial charge on any atom is -0.497 e. The van der Waals surface area contributed by atoms with Gasteiger partial charge in [0.15, 0.2) is 11.5 Å². The molecule has 238 valence electrons. The molecule has 10 nitrogen and oxygen atoms in total. The Kier molecular flexibility index (Phi) is 12.4. The Morgan fingerprint density at radius 2 is 1.55 bits per heavy atom. The summed E-state index contributed by atoms with van der Waals surface area (Å²) in [5.74, 6) is -0.402. The van der Waals surface area contributed by atoms with Crippen LogP contribution in [0, 0.1) is 5.82 Å². The van der Waals surface area contributed by atoms with Crippen LogP contribution in [0.15, 0.2) is 71.6 Å². The molecule has 0 aliphatic carbocycles. The molecular formula is C32H40FN3O7S. The van der Waals surface area contributed by atoms with Gasteiger partial charge in [-0.2, -0.15) is 0 Å². The number of rotatable bonds is 16. The van der Waals surface area contributed by atoms with Gasteiger partial charge in [0, 0.05) is 19.2 Å². The molecule has 0 aliphatic heterocycles. The Balaban J connectivity index is 2.07. The highest BCUT2D eigenvalue weighted by molar-refractivity contribution is 7.92. The van der Waals surface area contributed by atoms with Crippen LogP contribution in [0.3, 0.4) is 0 Å². The number of nitrogens with zero attached hydrogens (tertiary/aromatic N) is 2. The van der Waals surface area contributed by atoms with E-state index >= 15 is 0 Å². The number of benzene rings is 3. The van der Waals surface area contributed by atoms with E-state index in [-0.39, 0.29) is 28.8 Å². The molecule has 0 unspecified atom stereocenters. The lowest BCUT2D eigenvalue weighted by Crippen LogP contribution is -2.52. The molecule has 0 spiro atoms. The number of nitrogens with one attached hydrogen (secondary N) is 1. The minimum atomic E-state index is -4.39. The highest BCUT2D eigenvalue weighted by atomic mass is 32.2. The first-order chi connectivity index (χ1) is 21.1. The molecule has 3 rings (SSSR count). The molecule has 0 bridgehead atoms. The average Bonchev–Trinajstić information content (AvgIpc) is 3.03. The van der Waals surface area contributed by atoms with E-state index in [1.54, 1.807) is 38.3 Å². The highest BCUT2D eigenvalue weighted by Gasteiger charge is 2.34. The molecule has 1 atom stereocenters. The second-order valence-electron chi connectivity index (χ2n) is 9.94. The molecule has 0 radical (unpaired) electrons. The molecule has 0 saturated carbocycles. The number of hydrogen-bond acceptors (Lipinski definition) is 7. The summed E-state index contributed by atoms with van der Waals surface area (Å²) in [6.07, 6.45) is 1.95. The van der Waals surface area contributed by atoms with Crippen LogP contribution in [0.4, 0.5) is 10.1 Å². The number of sulfonamides is 1. The maximum absolute atomic E-state index is 14.2. The topological polar surface area (TPSA) is 114 Å². The molecule has 3 aromatic carbocycles. The number of unbranched alkanes of at least 4 members (excludes halogenated alkanes) is 1. The fourth-order valence-corrected chi connectivity index (χ4v) is 6.02. The summed E-state index contributed by atoms with van der Waals surface area (Å²) in [6, 6.07) is 15.0. The van der Waals surface area contributed by atoms with Crippen molar-refractivity contribution in [3.63, 3.8) is 0 Å². The Hall–Kier alpha value is -4.32. The first kappa shape index (κ1) is 34.2. The summed E-state index contributed by atoms with van der Waals surface area (Å²) in [5, 5.41) is 2.89. The first-order valence-corrected chi connectivity index (χ1v) is 15.7. The van der Waals surface area contributed by atoms with Gasteiger partial charge in [-0.3, -0.25) is 13.9 Å². The summed E-state index contributed by atoms with van der Waals surface area (Å²) in [4.78, 5) is 28.7. The molecule has 0 aliphatic rings. The zero-order valence-corrected chi connectivity index (χ0v) is 26.5. The molecule has 1 N–H and O–H groups in total. The summed E-state index contributed by atoms with van der Waals surface area (Å²) < 4.78 is 58.8. The monoisotopic (exact) mass is 629 g/mol. The average molecular weight is 630 g/mol. The van der Waals surface area contributed by atoms with Gasteiger partial charge in [-0.05, 0) is 66.9 Å². The van der Waals surface area contributed by atoms with Crippen LogP contribution in [0.2, 0.25) is 0 Å². The van der Waals surface area contributed by atoms with Gasteiger partial charge in [-0.25, -0.2) is 12.8 Å². The van der Waals surface area contributed by atoms with Gasteiger partial charge in [0.05, 0.1) is 31.9 Å². The number of carbonyl (C=O) groups is 2. The Morgan fingerprint density at radius 1 is 0.886 bits per heavy atom. The van der Waals surface area contributed by atoms with Crippen molar-refractivity contribution < 1.29 is 36.6 Å². The van der Waals surface area contributed by atoms with Gasteiger partial charge in [0.2, 0.25) is 11.8 Å². The molecule has 12 heteroatoms. The van der Waals surface area contributed by atoms with Crippen LogP contribution in [-0.2, 0) is 26.2 Å². The third kappa shape index (κ3) is 8.40. The van der Waals surface area contributed by atoms with Crippen molar-refractivity contribution in [2.45, 2.75) is 50.6 Å². The van der Waals surface area contributed by atoms with Crippen molar-refractivity contribution in [2.75, 3.05) is 38.7 Å². The molecule has 0 fully saturated rings. The SMILES string of the molecule is CCCCNC(=O)[C@H](CC)N(Cc1ccc(OC)cc1)C(=O)CN(c1ccc(F)cc1)S(=O)(=O)c1ccc(OC)c(OC)c1. The van der Waals surface area contributed by atoms with Crippen molar-refractivity contribution in [1.29, 1.82) is 0 Å². The quantitative estimate of drug-likeness (QED) is 0.227. The van der Waals surface area contributed by atoms with E-state index in [0.29, 0.717) is 24.5 Å². The number of amides is 2. The number of methoxy groups -OCH3 is 3. The number of carbonyl (C=O) groups excluding carboxylic acids is 2. The van der Waals surface area contributed by atoms with E-state index < -0.39 is 34.3 Å². The summed E-state index contributed by atoms with van der Waals surface area (Å²) in [5.41, 5.74) is 0.786. The maximum Gasteiger partial charge on any atom is 0.264 e. The van der Waals surface area contributed by atoms with E-state index in [1.165, 1.54) is 49.5 Å².